The molecule has 51 heavy (non-hydrogen) atoms. The molecule has 8 aliphatic carbocycles. The fourth-order valence-corrected chi connectivity index (χ4v) is 18.1. The Morgan fingerprint density at radius 2 is 0.745 bits per heavy atom. The summed E-state index contributed by atoms with van der Waals surface area (Å²) in [6.45, 7) is 0. The van der Waals surface area contributed by atoms with Gasteiger partial charge in [0.2, 0.25) is 0 Å². The summed E-state index contributed by atoms with van der Waals surface area (Å²) in [5, 5.41) is 0. The predicted molar refractivity (Wildman–Crippen MR) is 208 cm³/mol. The first kappa shape index (κ1) is 34.2. The lowest BCUT2D eigenvalue weighted by Gasteiger charge is -2.48. The number of likely N-dealkylation sites (tertiary alicyclic amines) is 2. The summed E-state index contributed by atoms with van der Waals surface area (Å²) >= 11 is 0. The van der Waals surface area contributed by atoms with E-state index in [-0.39, 0.29) is 0 Å². The molecule has 0 spiro atoms. The molecule has 0 N–H and O–H groups in total. The summed E-state index contributed by atoms with van der Waals surface area (Å²) in [5.41, 5.74) is 0. The van der Waals surface area contributed by atoms with Gasteiger partial charge in [0, 0.05) is 36.3 Å². The van der Waals surface area contributed by atoms with E-state index in [9.17, 15) is 0 Å². The summed E-state index contributed by atoms with van der Waals surface area (Å²) in [5.74, 6) is 10.3. The Labute approximate surface area is 313 Å². The summed E-state index contributed by atoms with van der Waals surface area (Å²) in [6.07, 6.45) is 47.2. The van der Waals surface area contributed by atoms with Crippen molar-refractivity contribution in [1.29, 1.82) is 0 Å². The standard InChI is InChI=1S/C48H78N2O/c1-2-10-31(11-3-1)32-18-22-35(23-19-32)49-43-15-7-4-12-37(43)40-28-33(20-25-45(40)49)34-21-26-46-41(29-34)38-13-5-8-16-44(38)50(46)36-24-27-48-42(30-36)39-14-6-9-17-47(39)51-48/h31-48H,1-30H2. The third-order valence-electron chi connectivity index (χ3n) is 20.0. The molecule has 3 heteroatoms. The van der Waals surface area contributed by atoms with Gasteiger partial charge < -0.3 is 4.74 Å². The van der Waals surface area contributed by atoms with E-state index in [4.69, 9.17) is 4.74 Å². The van der Waals surface area contributed by atoms with Crippen molar-refractivity contribution in [3.05, 3.63) is 0 Å². The topological polar surface area (TPSA) is 15.7 Å². The Morgan fingerprint density at radius 3 is 1.41 bits per heavy atom. The Hall–Kier alpha value is -0.120. The Kier molecular flexibility index (Phi) is 9.66. The van der Waals surface area contributed by atoms with Gasteiger partial charge in [0.05, 0.1) is 12.2 Å². The van der Waals surface area contributed by atoms with Crippen molar-refractivity contribution in [2.45, 2.75) is 241 Å². The van der Waals surface area contributed by atoms with Crippen LogP contribution in [0.25, 0.3) is 0 Å². The minimum Gasteiger partial charge on any atom is -0.374 e. The van der Waals surface area contributed by atoms with E-state index in [1.165, 1.54) is 89.9 Å². The van der Waals surface area contributed by atoms with Gasteiger partial charge in [-0.05, 0) is 181 Å². The molecule has 3 nitrogen and oxygen atoms in total. The predicted octanol–water partition coefficient (Wildman–Crippen LogP) is 11.6. The first-order valence-electron chi connectivity index (χ1n) is 24.5. The molecule has 15 unspecified atom stereocenters. The second-order valence-corrected chi connectivity index (χ2v) is 21.8. The van der Waals surface area contributed by atoms with Crippen molar-refractivity contribution in [2.75, 3.05) is 0 Å². The fourth-order valence-electron chi connectivity index (χ4n) is 18.1. The first-order valence-corrected chi connectivity index (χ1v) is 24.5. The van der Waals surface area contributed by atoms with Crippen LogP contribution in [0.1, 0.15) is 193 Å². The largest absolute Gasteiger partial charge is 0.374 e. The van der Waals surface area contributed by atoms with Gasteiger partial charge >= 0.3 is 0 Å². The van der Waals surface area contributed by atoms with Gasteiger partial charge in [0.1, 0.15) is 0 Å². The second kappa shape index (κ2) is 14.4. The molecule has 11 rings (SSSR count). The quantitative estimate of drug-likeness (QED) is 0.291. The van der Waals surface area contributed by atoms with E-state index < -0.39 is 0 Å². The summed E-state index contributed by atoms with van der Waals surface area (Å²) < 4.78 is 6.78. The Bertz CT molecular complexity index is 1190. The zero-order valence-electron chi connectivity index (χ0n) is 32.9. The fraction of sp³-hybridized carbons (Fsp3) is 1.00. The lowest BCUT2D eigenvalue weighted by Crippen LogP contribution is -2.51. The molecular weight excluding hydrogens is 621 g/mol. The van der Waals surface area contributed by atoms with Crippen LogP contribution in [0.15, 0.2) is 0 Å². The Balaban J connectivity index is 0.764. The molecule has 3 heterocycles. The van der Waals surface area contributed by atoms with E-state index in [1.54, 1.807) is 103 Å². The van der Waals surface area contributed by atoms with Crippen LogP contribution in [0.5, 0.6) is 0 Å². The maximum Gasteiger partial charge on any atom is 0.0612 e. The zero-order chi connectivity index (χ0) is 33.5. The van der Waals surface area contributed by atoms with Gasteiger partial charge in [-0.25, -0.2) is 0 Å². The number of hydrogen-bond donors (Lipinski definition) is 0. The lowest BCUT2D eigenvalue weighted by atomic mass is 9.62. The minimum absolute atomic E-state index is 0.618. The van der Waals surface area contributed by atoms with E-state index in [0.717, 1.165) is 95.4 Å². The van der Waals surface area contributed by atoms with Crippen molar-refractivity contribution in [3.63, 3.8) is 0 Å². The number of rotatable bonds is 4. The molecule has 3 aliphatic heterocycles. The third kappa shape index (κ3) is 6.01. The van der Waals surface area contributed by atoms with Crippen LogP contribution in [-0.4, -0.2) is 58.3 Å². The normalized spacial score (nSPS) is 53.8. The van der Waals surface area contributed by atoms with E-state index >= 15 is 0 Å². The van der Waals surface area contributed by atoms with Crippen molar-refractivity contribution in [1.82, 2.24) is 9.80 Å². The SMILES string of the molecule is C1CCC(C2CCC(N3C4CCCCC4C4CC(C5CCC6C(C5)C5CCCCC5N6C5CCC6OC7CCCCC7C6C5)CCC43)CC2)CC1. The van der Waals surface area contributed by atoms with Crippen LogP contribution in [-0.2, 0) is 4.74 Å². The smallest absolute Gasteiger partial charge is 0.0612 e. The van der Waals surface area contributed by atoms with Crippen LogP contribution in [0.2, 0.25) is 0 Å². The minimum atomic E-state index is 0.618. The van der Waals surface area contributed by atoms with E-state index in [0.29, 0.717) is 12.2 Å². The molecule has 0 aromatic rings. The second-order valence-electron chi connectivity index (χ2n) is 21.8. The highest BCUT2D eigenvalue weighted by molar-refractivity contribution is 5.11. The number of ether oxygens (including phenoxy) is 1. The maximum absolute atomic E-state index is 6.78. The molecule has 3 saturated heterocycles. The summed E-state index contributed by atoms with van der Waals surface area (Å²) in [6, 6.07) is 5.63. The summed E-state index contributed by atoms with van der Waals surface area (Å²) in [4.78, 5) is 6.64. The molecule has 0 radical (unpaired) electrons. The first-order chi connectivity index (χ1) is 25.3. The Morgan fingerprint density at radius 1 is 0.275 bits per heavy atom. The lowest BCUT2D eigenvalue weighted by molar-refractivity contribution is -0.0190. The number of fused-ring (bicyclic) bond motifs is 9. The molecule has 11 fully saturated rings. The van der Waals surface area contributed by atoms with E-state index in [2.05, 4.69) is 9.80 Å². The van der Waals surface area contributed by atoms with Gasteiger partial charge in [-0.3, -0.25) is 9.80 Å². The molecule has 286 valence electrons. The highest BCUT2D eigenvalue weighted by atomic mass is 16.5. The molecule has 0 aromatic heterocycles. The highest BCUT2D eigenvalue weighted by Gasteiger charge is 2.58. The van der Waals surface area contributed by atoms with Crippen LogP contribution < -0.4 is 0 Å². The van der Waals surface area contributed by atoms with Crippen LogP contribution >= 0.6 is 0 Å². The molecule has 0 bridgehead atoms. The van der Waals surface area contributed by atoms with Crippen molar-refractivity contribution >= 4 is 0 Å². The number of nitrogens with zero attached hydrogens (tertiary/aromatic N) is 2. The van der Waals surface area contributed by atoms with Crippen molar-refractivity contribution in [3.8, 4) is 0 Å². The van der Waals surface area contributed by atoms with Crippen molar-refractivity contribution < 1.29 is 4.74 Å². The molecule has 11 aliphatic rings. The van der Waals surface area contributed by atoms with Crippen LogP contribution in [0.3, 0.4) is 0 Å². The average Bonchev–Trinajstić information content (AvgIpc) is 3.85. The molecule has 15 atom stereocenters. The van der Waals surface area contributed by atoms with Gasteiger partial charge in [-0.1, -0.05) is 70.6 Å². The maximum atomic E-state index is 6.78. The monoisotopic (exact) mass is 699 g/mol. The zero-order valence-corrected chi connectivity index (χ0v) is 32.9. The average molecular weight is 699 g/mol. The van der Waals surface area contributed by atoms with Gasteiger partial charge in [0.15, 0.2) is 0 Å². The van der Waals surface area contributed by atoms with Crippen LogP contribution in [0, 0.1) is 59.2 Å². The molecular formula is C48H78N2O. The van der Waals surface area contributed by atoms with Gasteiger partial charge in [-0.2, -0.15) is 0 Å². The number of hydrogen-bond acceptors (Lipinski definition) is 3. The third-order valence-corrected chi connectivity index (χ3v) is 20.0. The molecule has 0 aromatic carbocycles. The summed E-state index contributed by atoms with van der Waals surface area (Å²) in [7, 11) is 0. The molecule has 8 saturated carbocycles. The van der Waals surface area contributed by atoms with Crippen molar-refractivity contribution in [2.24, 2.45) is 59.2 Å². The highest BCUT2D eigenvalue weighted by Crippen LogP contribution is 2.59. The van der Waals surface area contributed by atoms with Gasteiger partial charge in [0.25, 0.3) is 0 Å². The molecule has 0 amide bonds. The van der Waals surface area contributed by atoms with Crippen LogP contribution in [0.4, 0.5) is 0 Å². The van der Waals surface area contributed by atoms with Gasteiger partial charge in [-0.15, -0.1) is 0 Å². The van der Waals surface area contributed by atoms with E-state index in [1.807, 2.05) is 0 Å².